The predicted molar refractivity (Wildman–Crippen MR) is 107 cm³/mol. The summed E-state index contributed by atoms with van der Waals surface area (Å²) in [5.74, 6) is 1.04. The van der Waals surface area contributed by atoms with Gasteiger partial charge in [-0.1, -0.05) is 18.5 Å². The molecule has 0 spiro atoms. The highest BCUT2D eigenvalue weighted by Gasteiger charge is 2.40. The van der Waals surface area contributed by atoms with Crippen molar-refractivity contribution in [2.24, 2.45) is 0 Å². The molecule has 1 N–H and O–H groups in total. The van der Waals surface area contributed by atoms with Crippen LogP contribution in [0.4, 0.5) is 5.69 Å². The fraction of sp³-hybridized carbons (Fsp3) is 0.556. The van der Waals surface area contributed by atoms with E-state index in [1.807, 2.05) is 31.2 Å². The number of nitrogens with one attached hydrogen (secondary N) is 1. The van der Waals surface area contributed by atoms with E-state index in [0.717, 1.165) is 5.69 Å². The van der Waals surface area contributed by atoms with Gasteiger partial charge in [-0.2, -0.15) is 4.31 Å². The van der Waals surface area contributed by atoms with Gasteiger partial charge in [0.15, 0.2) is 0 Å². The maximum atomic E-state index is 13.1. The van der Waals surface area contributed by atoms with Crippen molar-refractivity contribution in [2.45, 2.75) is 31.1 Å². The third-order valence-corrected chi connectivity index (χ3v) is 7.92. The number of piperazine rings is 1. The van der Waals surface area contributed by atoms with E-state index in [2.05, 4.69) is 20.4 Å². The average molecular weight is 426 g/mol. The van der Waals surface area contributed by atoms with Gasteiger partial charge in [-0.15, -0.1) is 10.2 Å². The van der Waals surface area contributed by atoms with Gasteiger partial charge in [0.1, 0.15) is 0 Å². The van der Waals surface area contributed by atoms with Gasteiger partial charge in [0, 0.05) is 49.9 Å². The number of halogens is 1. The largest absolute Gasteiger partial charge is 0.424 e. The van der Waals surface area contributed by atoms with Crippen LogP contribution in [0.2, 0.25) is 5.02 Å². The molecule has 3 heterocycles. The topological polar surface area (TPSA) is 91.6 Å². The Morgan fingerprint density at radius 2 is 1.89 bits per heavy atom. The summed E-state index contributed by atoms with van der Waals surface area (Å²) in [5.41, 5.74) is 1.06. The fourth-order valence-electron chi connectivity index (χ4n) is 3.73. The third kappa shape index (κ3) is 3.89. The van der Waals surface area contributed by atoms with Crippen LogP contribution < -0.4 is 10.2 Å². The zero-order chi connectivity index (χ0) is 19.7. The lowest BCUT2D eigenvalue weighted by atomic mass is 10.2. The van der Waals surface area contributed by atoms with E-state index >= 15 is 0 Å². The van der Waals surface area contributed by atoms with Gasteiger partial charge in [0.05, 0.1) is 11.3 Å². The predicted octanol–water partition coefficient (Wildman–Crippen LogP) is 1.84. The summed E-state index contributed by atoms with van der Waals surface area (Å²) in [4.78, 5) is 2.18. The number of benzene rings is 1. The zero-order valence-electron chi connectivity index (χ0n) is 15.7. The van der Waals surface area contributed by atoms with E-state index in [1.54, 1.807) is 4.31 Å². The summed E-state index contributed by atoms with van der Waals surface area (Å²) in [5, 5.41) is 11.5. The second-order valence-electron chi connectivity index (χ2n) is 7.11. The number of sulfonamides is 1. The lowest BCUT2D eigenvalue weighted by Gasteiger charge is -2.36. The lowest BCUT2D eigenvalue weighted by Crippen LogP contribution is -2.51. The van der Waals surface area contributed by atoms with Crippen molar-refractivity contribution >= 4 is 27.3 Å². The first-order valence-electron chi connectivity index (χ1n) is 9.52. The Labute approximate surface area is 169 Å². The molecule has 10 heteroatoms. The van der Waals surface area contributed by atoms with Crippen LogP contribution in [-0.4, -0.2) is 60.9 Å². The molecule has 2 aliphatic heterocycles. The Kier molecular flexibility index (Phi) is 5.59. The second-order valence-corrected chi connectivity index (χ2v) is 9.76. The van der Waals surface area contributed by atoms with Gasteiger partial charge in [-0.25, -0.2) is 8.42 Å². The Balaban J connectivity index is 1.37. The second kappa shape index (κ2) is 7.98. The van der Waals surface area contributed by atoms with Crippen molar-refractivity contribution in [3.05, 3.63) is 41.1 Å². The van der Waals surface area contributed by atoms with Crippen LogP contribution in [0.15, 0.2) is 28.7 Å². The molecule has 2 unspecified atom stereocenters. The molecule has 8 nitrogen and oxygen atoms in total. The molecule has 1 aromatic carbocycles. The molecule has 0 saturated carbocycles. The molecule has 0 amide bonds. The Hall–Kier alpha value is -1.68. The molecular weight excluding hydrogens is 402 g/mol. The zero-order valence-corrected chi connectivity index (χ0v) is 17.3. The molecule has 152 valence electrons. The third-order valence-electron chi connectivity index (χ3n) is 5.39. The summed E-state index contributed by atoms with van der Waals surface area (Å²) in [6, 6.07) is 7.43. The Bertz CT molecular complexity index is 910. The minimum atomic E-state index is -3.38. The number of aromatic nitrogens is 2. The number of hydrogen-bond acceptors (Lipinski definition) is 7. The van der Waals surface area contributed by atoms with E-state index in [9.17, 15) is 8.42 Å². The van der Waals surface area contributed by atoms with Crippen LogP contribution in [0.3, 0.4) is 0 Å². The highest BCUT2D eigenvalue weighted by atomic mass is 35.5. The molecule has 28 heavy (non-hydrogen) atoms. The van der Waals surface area contributed by atoms with E-state index in [1.165, 1.54) is 0 Å². The van der Waals surface area contributed by atoms with Crippen molar-refractivity contribution in [1.29, 1.82) is 0 Å². The number of aryl methyl sites for hydroxylation is 1. The molecule has 2 fully saturated rings. The maximum Gasteiger partial charge on any atom is 0.233 e. The molecule has 2 aromatic rings. The van der Waals surface area contributed by atoms with E-state index in [0.29, 0.717) is 62.4 Å². The first-order valence-corrected chi connectivity index (χ1v) is 11.4. The van der Waals surface area contributed by atoms with Crippen molar-refractivity contribution in [1.82, 2.24) is 19.8 Å². The Morgan fingerprint density at radius 3 is 2.54 bits per heavy atom. The standard InChI is InChI=1S/C18H24ClN5O3S/c1-2-17-21-22-18(27-17)16-11-15(12-20-16)28(25,26)24-9-7-23(8-10-24)14-5-3-13(19)4-6-14/h3-6,15-16,20H,2,7-12H2,1H3. The van der Waals surface area contributed by atoms with Crippen molar-refractivity contribution in [3.8, 4) is 0 Å². The van der Waals surface area contributed by atoms with Gasteiger partial charge in [0.25, 0.3) is 0 Å². The number of anilines is 1. The molecule has 2 aliphatic rings. The van der Waals surface area contributed by atoms with Gasteiger partial charge >= 0.3 is 0 Å². The quantitative estimate of drug-likeness (QED) is 0.781. The van der Waals surface area contributed by atoms with Gasteiger partial charge in [-0.05, 0) is 30.7 Å². The molecule has 0 bridgehead atoms. The lowest BCUT2D eigenvalue weighted by molar-refractivity contribution is 0.378. The molecule has 0 aliphatic carbocycles. The highest BCUT2D eigenvalue weighted by molar-refractivity contribution is 7.89. The van der Waals surface area contributed by atoms with Gasteiger partial charge in [0.2, 0.25) is 21.8 Å². The summed E-state index contributed by atoms with van der Waals surface area (Å²) in [6.45, 7) is 4.62. The SMILES string of the molecule is CCc1nnc(C2CC(S(=O)(=O)N3CCN(c4ccc(Cl)cc4)CC3)CN2)o1. The van der Waals surface area contributed by atoms with E-state index in [4.69, 9.17) is 16.0 Å². The van der Waals surface area contributed by atoms with Gasteiger partial charge < -0.3 is 14.6 Å². The van der Waals surface area contributed by atoms with Crippen molar-refractivity contribution in [2.75, 3.05) is 37.6 Å². The molecule has 2 saturated heterocycles. The maximum absolute atomic E-state index is 13.1. The van der Waals surface area contributed by atoms with Gasteiger partial charge in [-0.3, -0.25) is 0 Å². The average Bonchev–Trinajstić information content (AvgIpc) is 3.38. The first-order chi connectivity index (χ1) is 13.5. The molecule has 0 radical (unpaired) electrons. The fourth-order valence-corrected chi connectivity index (χ4v) is 5.69. The van der Waals surface area contributed by atoms with Crippen molar-refractivity contribution in [3.63, 3.8) is 0 Å². The summed E-state index contributed by atoms with van der Waals surface area (Å²) in [7, 11) is -3.38. The first kappa shape index (κ1) is 19.6. The summed E-state index contributed by atoms with van der Waals surface area (Å²) in [6.07, 6.45) is 1.12. The molecular formula is C18H24ClN5O3S. The van der Waals surface area contributed by atoms with Crippen LogP contribution in [-0.2, 0) is 16.4 Å². The normalized spacial score (nSPS) is 24.0. The van der Waals surface area contributed by atoms with Crippen LogP contribution in [0.1, 0.15) is 31.2 Å². The smallest absolute Gasteiger partial charge is 0.233 e. The van der Waals surface area contributed by atoms with Crippen LogP contribution in [0.25, 0.3) is 0 Å². The van der Waals surface area contributed by atoms with E-state index in [-0.39, 0.29) is 6.04 Å². The van der Waals surface area contributed by atoms with Crippen molar-refractivity contribution < 1.29 is 12.8 Å². The Morgan fingerprint density at radius 1 is 1.18 bits per heavy atom. The number of hydrogen-bond donors (Lipinski definition) is 1. The summed E-state index contributed by atoms with van der Waals surface area (Å²) >= 11 is 5.94. The molecule has 2 atom stereocenters. The molecule has 4 rings (SSSR count). The van der Waals surface area contributed by atoms with Crippen LogP contribution >= 0.6 is 11.6 Å². The van der Waals surface area contributed by atoms with Crippen LogP contribution in [0, 0.1) is 0 Å². The minimum absolute atomic E-state index is 0.206. The number of rotatable bonds is 5. The van der Waals surface area contributed by atoms with E-state index < -0.39 is 15.3 Å². The number of nitrogens with zero attached hydrogens (tertiary/aromatic N) is 4. The minimum Gasteiger partial charge on any atom is -0.424 e. The summed E-state index contributed by atoms with van der Waals surface area (Å²) < 4.78 is 33.4. The molecule has 1 aromatic heterocycles. The monoisotopic (exact) mass is 425 g/mol. The highest BCUT2D eigenvalue weighted by Crippen LogP contribution is 2.29. The van der Waals surface area contributed by atoms with Crippen LogP contribution in [0.5, 0.6) is 0 Å².